The molecule has 0 radical (unpaired) electrons. The highest BCUT2D eigenvalue weighted by Crippen LogP contribution is 2.30. The van der Waals surface area contributed by atoms with E-state index in [1.807, 2.05) is 40.9 Å². The maximum Gasteiger partial charge on any atom is 0.223 e. The number of fused-ring (bicyclic) bond motifs is 3. The summed E-state index contributed by atoms with van der Waals surface area (Å²) in [5.74, 6) is 1.41. The molecule has 5 rings (SSSR count). The molecule has 1 saturated heterocycles. The molecular formula is C20H22N6O. The summed E-state index contributed by atoms with van der Waals surface area (Å²) < 4.78 is 1.90. The van der Waals surface area contributed by atoms with Crippen molar-refractivity contribution in [2.45, 2.75) is 33.4 Å². The lowest BCUT2D eigenvalue weighted by Crippen LogP contribution is -2.48. The molecule has 2 aliphatic rings. The van der Waals surface area contributed by atoms with Crippen molar-refractivity contribution in [3.8, 4) is 0 Å². The average molecular weight is 362 g/mol. The van der Waals surface area contributed by atoms with Crippen LogP contribution in [0.1, 0.15) is 29.1 Å². The van der Waals surface area contributed by atoms with Gasteiger partial charge in [0.1, 0.15) is 5.82 Å². The third-order valence-corrected chi connectivity index (χ3v) is 5.65. The van der Waals surface area contributed by atoms with E-state index in [9.17, 15) is 4.79 Å². The topological polar surface area (TPSA) is 66.6 Å². The molecule has 0 N–H and O–H groups in total. The summed E-state index contributed by atoms with van der Waals surface area (Å²) in [5, 5.41) is 4.51. The van der Waals surface area contributed by atoms with Crippen molar-refractivity contribution in [3.63, 3.8) is 0 Å². The summed E-state index contributed by atoms with van der Waals surface area (Å²) in [6, 6.07) is 6.10. The second-order valence-corrected chi connectivity index (χ2v) is 7.61. The smallest absolute Gasteiger partial charge is 0.223 e. The number of anilines is 1. The van der Waals surface area contributed by atoms with Gasteiger partial charge in [-0.1, -0.05) is 0 Å². The number of carbonyl (C=O) groups is 1. The van der Waals surface area contributed by atoms with Gasteiger partial charge in [-0.05, 0) is 43.2 Å². The molecular weight excluding hydrogens is 340 g/mol. The number of pyridine rings is 2. The van der Waals surface area contributed by atoms with E-state index >= 15 is 0 Å². The van der Waals surface area contributed by atoms with Crippen molar-refractivity contribution < 1.29 is 4.79 Å². The summed E-state index contributed by atoms with van der Waals surface area (Å²) in [7, 11) is 0. The second kappa shape index (κ2) is 6.04. The fourth-order valence-corrected chi connectivity index (χ4v) is 4.18. The van der Waals surface area contributed by atoms with Crippen LogP contribution in [0.3, 0.4) is 0 Å². The van der Waals surface area contributed by atoms with Gasteiger partial charge in [-0.3, -0.25) is 9.78 Å². The molecule has 7 heteroatoms. The maximum atomic E-state index is 12.9. The van der Waals surface area contributed by atoms with E-state index in [1.165, 1.54) is 16.8 Å². The van der Waals surface area contributed by atoms with E-state index in [4.69, 9.17) is 0 Å². The number of hydrogen-bond acceptors (Lipinski definition) is 5. The van der Waals surface area contributed by atoms with Crippen LogP contribution in [0.5, 0.6) is 0 Å². The van der Waals surface area contributed by atoms with Crippen LogP contribution < -0.4 is 4.90 Å². The lowest BCUT2D eigenvalue weighted by atomic mass is 9.95. The molecule has 1 fully saturated rings. The number of aromatic nitrogens is 4. The number of nitrogens with zero attached hydrogens (tertiary/aromatic N) is 6. The van der Waals surface area contributed by atoms with Crippen LogP contribution in [-0.2, 0) is 17.9 Å². The third-order valence-electron chi connectivity index (χ3n) is 5.65. The molecule has 3 aromatic rings. The van der Waals surface area contributed by atoms with Crippen molar-refractivity contribution in [1.29, 1.82) is 0 Å². The lowest BCUT2D eigenvalue weighted by molar-refractivity contribution is -0.133. The molecule has 27 heavy (non-hydrogen) atoms. The molecule has 0 bridgehead atoms. The molecule has 0 spiro atoms. The molecule has 2 aliphatic heterocycles. The molecule has 0 aliphatic carbocycles. The standard InChI is InChI=1S/C20H22N6O/c1-13-7-19-22-14(2)23-26(19)18-12-25(11-17(13)18)20(27)8-15-9-24(10-15)16-3-5-21-6-4-16/h3-7,15H,8-12H2,1-2H3. The zero-order chi connectivity index (χ0) is 18.5. The summed E-state index contributed by atoms with van der Waals surface area (Å²) in [6.07, 6.45) is 4.22. The minimum Gasteiger partial charge on any atom is -0.371 e. The molecule has 5 heterocycles. The lowest BCUT2D eigenvalue weighted by Gasteiger charge is -2.41. The zero-order valence-electron chi connectivity index (χ0n) is 15.6. The van der Waals surface area contributed by atoms with Gasteiger partial charge >= 0.3 is 0 Å². The van der Waals surface area contributed by atoms with Crippen molar-refractivity contribution in [1.82, 2.24) is 24.5 Å². The highest BCUT2D eigenvalue weighted by Gasteiger charge is 2.33. The minimum atomic E-state index is 0.231. The van der Waals surface area contributed by atoms with Gasteiger partial charge in [-0.25, -0.2) is 9.50 Å². The van der Waals surface area contributed by atoms with E-state index < -0.39 is 0 Å². The Balaban J connectivity index is 1.26. The van der Waals surface area contributed by atoms with E-state index in [1.54, 1.807) is 0 Å². The number of rotatable bonds is 3. The second-order valence-electron chi connectivity index (χ2n) is 7.61. The van der Waals surface area contributed by atoms with Gasteiger partial charge in [0.25, 0.3) is 0 Å². The van der Waals surface area contributed by atoms with Crippen molar-refractivity contribution >= 4 is 17.2 Å². The average Bonchev–Trinajstić information content (AvgIpc) is 3.22. The van der Waals surface area contributed by atoms with E-state index in [-0.39, 0.29) is 5.91 Å². The Bertz CT molecular complexity index is 1020. The normalized spacial score (nSPS) is 16.7. The molecule has 1 amide bonds. The molecule has 3 aromatic heterocycles. The fourth-order valence-electron chi connectivity index (χ4n) is 4.18. The van der Waals surface area contributed by atoms with E-state index in [0.29, 0.717) is 25.4 Å². The molecule has 7 nitrogen and oxygen atoms in total. The first-order valence-corrected chi connectivity index (χ1v) is 9.36. The first kappa shape index (κ1) is 16.2. The quantitative estimate of drug-likeness (QED) is 0.714. The summed E-state index contributed by atoms with van der Waals surface area (Å²) >= 11 is 0. The SMILES string of the molecule is Cc1nc2cc(C)c3c(n2n1)CN(C(=O)CC1CN(c2ccncc2)C1)C3. The highest BCUT2D eigenvalue weighted by molar-refractivity contribution is 5.78. The van der Waals surface area contributed by atoms with Crippen LogP contribution in [0.2, 0.25) is 0 Å². The Morgan fingerprint density at radius 1 is 1.19 bits per heavy atom. The van der Waals surface area contributed by atoms with Crippen LogP contribution in [0.4, 0.5) is 5.69 Å². The number of aryl methyl sites for hydroxylation is 2. The molecule has 0 aromatic carbocycles. The predicted octanol–water partition coefficient (Wildman–Crippen LogP) is 2.11. The maximum absolute atomic E-state index is 12.9. The van der Waals surface area contributed by atoms with Gasteiger partial charge in [0.05, 0.1) is 12.2 Å². The number of carbonyl (C=O) groups excluding carboxylic acids is 1. The Labute approximate surface area is 157 Å². The fraction of sp³-hybridized carbons (Fsp3) is 0.400. The van der Waals surface area contributed by atoms with Crippen LogP contribution in [0.15, 0.2) is 30.6 Å². The molecule has 0 atom stereocenters. The highest BCUT2D eigenvalue weighted by atomic mass is 16.2. The third kappa shape index (κ3) is 2.74. The van der Waals surface area contributed by atoms with Crippen LogP contribution in [0.25, 0.3) is 5.65 Å². The number of hydrogen-bond donors (Lipinski definition) is 0. The van der Waals surface area contributed by atoms with Crippen molar-refractivity contribution in [2.24, 2.45) is 5.92 Å². The predicted molar refractivity (Wildman–Crippen MR) is 101 cm³/mol. The van der Waals surface area contributed by atoms with E-state index in [2.05, 4.69) is 33.0 Å². The number of amides is 1. The van der Waals surface area contributed by atoms with Crippen LogP contribution >= 0.6 is 0 Å². The van der Waals surface area contributed by atoms with Gasteiger partial charge < -0.3 is 9.80 Å². The Hall–Kier alpha value is -2.96. The largest absolute Gasteiger partial charge is 0.371 e. The monoisotopic (exact) mass is 362 g/mol. The first-order chi connectivity index (χ1) is 13.1. The van der Waals surface area contributed by atoms with Gasteiger partial charge in [0, 0.05) is 50.1 Å². The van der Waals surface area contributed by atoms with Gasteiger partial charge in [0.15, 0.2) is 5.65 Å². The van der Waals surface area contributed by atoms with Gasteiger partial charge in [-0.15, -0.1) is 0 Å². The Morgan fingerprint density at radius 3 is 2.74 bits per heavy atom. The first-order valence-electron chi connectivity index (χ1n) is 9.36. The van der Waals surface area contributed by atoms with Crippen LogP contribution in [0, 0.1) is 19.8 Å². The van der Waals surface area contributed by atoms with Crippen molar-refractivity contribution in [2.75, 3.05) is 18.0 Å². The summed E-state index contributed by atoms with van der Waals surface area (Å²) in [5.41, 5.74) is 5.55. The van der Waals surface area contributed by atoms with Gasteiger partial charge in [0.2, 0.25) is 5.91 Å². The van der Waals surface area contributed by atoms with Gasteiger partial charge in [-0.2, -0.15) is 5.10 Å². The summed E-state index contributed by atoms with van der Waals surface area (Å²) in [4.78, 5) is 25.6. The molecule has 138 valence electrons. The molecule has 0 unspecified atom stereocenters. The van der Waals surface area contributed by atoms with Crippen molar-refractivity contribution in [3.05, 3.63) is 53.2 Å². The Kier molecular flexibility index (Phi) is 3.63. The zero-order valence-corrected chi connectivity index (χ0v) is 15.6. The minimum absolute atomic E-state index is 0.231. The Morgan fingerprint density at radius 2 is 1.96 bits per heavy atom. The molecule has 0 saturated carbocycles. The van der Waals surface area contributed by atoms with E-state index in [0.717, 1.165) is 30.3 Å². The summed E-state index contributed by atoms with van der Waals surface area (Å²) in [6.45, 7) is 7.16. The van der Waals surface area contributed by atoms with Crippen LogP contribution in [-0.4, -0.2) is 43.5 Å².